The van der Waals surface area contributed by atoms with Crippen molar-refractivity contribution in [2.45, 2.75) is 54.0 Å². The molecule has 1 rings (SSSR count). The molecule has 0 aromatic heterocycles. The van der Waals surface area contributed by atoms with E-state index in [-0.39, 0.29) is 17.4 Å². The summed E-state index contributed by atoms with van der Waals surface area (Å²) < 4.78 is 0. The molecule has 1 atom stereocenters. The fourth-order valence-electron chi connectivity index (χ4n) is 1.99. The molecular formula is C16H25NO. The molecule has 0 radical (unpaired) electrons. The molecule has 0 bridgehead atoms. The molecule has 0 spiro atoms. The first-order chi connectivity index (χ1) is 8.25. The van der Waals surface area contributed by atoms with Gasteiger partial charge in [-0.25, -0.2) is 0 Å². The van der Waals surface area contributed by atoms with Crippen molar-refractivity contribution in [2.75, 3.05) is 0 Å². The van der Waals surface area contributed by atoms with Crippen LogP contribution in [0.25, 0.3) is 0 Å². The molecule has 1 N–H and O–H groups in total. The number of amides is 1. The lowest BCUT2D eigenvalue weighted by Gasteiger charge is -2.25. The summed E-state index contributed by atoms with van der Waals surface area (Å²) in [6.45, 7) is 12.1. The van der Waals surface area contributed by atoms with Crippen LogP contribution in [0.2, 0.25) is 0 Å². The maximum atomic E-state index is 12.1. The minimum absolute atomic E-state index is 0.106. The normalized spacial score (nSPS) is 13.2. The lowest BCUT2D eigenvalue weighted by Crippen LogP contribution is -2.37. The summed E-state index contributed by atoms with van der Waals surface area (Å²) in [5.74, 6) is 0.106. The van der Waals surface area contributed by atoms with Crippen molar-refractivity contribution in [1.29, 1.82) is 0 Å². The predicted octanol–water partition coefficient (Wildman–Crippen LogP) is 3.92. The standard InChI is InChI=1S/C16H25NO/c1-7-14(17-15(18)16(4,5)6)13-9-8-11(2)10-12(13)3/h8-10,14H,7H2,1-6H3,(H,17,18)/t14-/m0/s1. The van der Waals surface area contributed by atoms with Crippen molar-refractivity contribution in [1.82, 2.24) is 5.32 Å². The molecule has 0 fully saturated rings. The molecule has 0 aliphatic rings. The first-order valence-corrected chi connectivity index (χ1v) is 6.63. The van der Waals surface area contributed by atoms with E-state index in [1.807, 2.05) is 20.8 Å². The quantitative estimate of drug-likeness (QED) is 0.862. The number of hydrogen-bond donors (Lipinski definition) is 1. The average molecular weight is 247 g/mol. The van der Waals surface area contributed by atoms with Crippen LogP contribution in [0.3, 0.4) is 0 Å². The van der Waals surface area contributed by atoms with Crippen molar-refractivity contribution in [3.8, 4) is 0 Å². The molecule has 2 nitrogen and oxygen atoms in total. The summed E-state index contributed by atoms with van der Waals surface area (Å²) in [7, 11) is 0. The van der Waals surface area contributed by atoms with Gasteiger partial charge in [0.2, 0.25) is 5.91 Å². The summed E-state index contributed by atoms with van der Waals surface area (Å²) in [6, 6.07) is 6.51. The van der Waals surface area contributed by atoms with Crippen LogP contribution in [-0.4, -0.2) is 5.91 Å². The van der Waals surface area contributed by atoms with Gasteiger partial charge in [0.15, 0.2) is 0 Å². The van der Waals surface area contributed by atoms with Crippen LogP contribution >= 0.6 is 0 Å². The molecule has 0 saturated carbocycles. The summed E-state index contributed by atoms with van der Waals surface area (Å²) in [4.78, 5) is 12.1. The fourth-order valence-corrected chi connectivity index (χ4v) is 1.99. The molecule has 2 heteroatoms. The van der Waals surface area contributed by atoms with E-state index in [1.165, 1.54) is 16.7 Å². The second-order valence-corrected chi connectivity index (χ2v) is 6.04. The van der Waals surface area contributed by atoms with Crippen LogP contribution in [0.1, 0.15) is 56.8 Å². The Hall–Kier alpha value is -1.31. The zero-order chi connectivity index (χ0) is 13.9. The van der Waals surface area contributed by atoms with E-state index in [4.69, 9.17) is 0 Å². The highest BCUT2D eigenvalue weighted by atomic mass is 16.2. The minimum atomic E-state index is -0.341. The third-order valence-corrected chi connectivity index (χ3v) is 3.20. The molecule has 1 aromatic carbocycles. The number of benzene rings is 1. The van der Waals surface area contributed by atoms with E-state index in [0.717, 1.165) is 6.42 Å². The number of carbonyl (C=O) groups excluding carboxylic acids is 1. The van der Waals surface area contributed by atoms with Crippen LogP contribution in [0, 0.1) is 19.3 Å². The van der Waals surface area contributed by atoms with E-state index in [9.17, 15) is 4.79 Å². The van der Waals surface area contributed by atoms with Crippen molar-refractivity contribution >= 4 is 5.91 Å². The van der Waals surface area contributed by atoms with Crippen LogP contribution in [0.15, 0.2) is 18.2 Å². The Morgan fingerprint density at radius 3 is 2.33 bits per heavy atom. The van der Waals surface area contributed by atoms with Crippen LogP contribution in [0.5, 0.6) is 0 Å². The number of carbonyl (C=O) groups is 1. The Kier molecular flexibility index (Phi) is 4.55. The molecule has 1 aromatic rings. The van der Waals surface area contributed by atoms with Gasteiger partial charge < -0.3 is 5.32 Å². The number of nitrogens with one attached hydrogen (secondary N) is 1. The second kappa shape index (κ2) is 5.55. The van der Waals surface area contributed by atoms with Crippen molar-refractivity contribution in [2.24, 2.45) is 5.41 Å². The minimum Gasteiger partial charge on any atom is -0.349 e. The van der Waals surface area contributed by atoms with Gasteiger partial charge in [0.1, 0.15) is 0 Å². The van der Waals surface area contributed by atoms with Gasteiger partial charge in [0.05, 0.1) is 6.04 Å². The summed E-state index contributed by atoms with van der Waals surface area (Å²) in [6.07, 6.45) is 0.908. The molecular weight excluding hydrogens is 222 g/mol. The molecule has 1 amide bonds. The van der Waals surface area contributed by atoms with Gasteiger partial charge in [-0.2, -0.15) is 0 Å². The number of hydrogen-bond acceptors (Lipinski definition) is 1. The predicted molar refractivity (Wildman–Crippen MR) is 76.5 cm³/mol. The maximum absolute atomic E-state index is 12.1. The van der Waals surface area contributed by atoms with Crippen LogP contribution < -0.4 is 5.32 Å². The highest BCUT2D eigenvalue weighted by molar-refractivity contribution is 5.81. The largest absolute Gasteiger partial charge is 0.349 e. The van der Waals surface area contributed by atoms with Crippen LogP contribution in [-0.2, 0) is 4.79 Å². The Morgan fingerprint density at radius 2 is 1.89 bits per heavy atom. The van der Waals surface area contributed by atoms with Crippen molar-refractivity contribution < 1.29 is 4.79 Å². The summed E-state index contributed by atoms with van der Waals surface area (Å²) in [5.41, 5.74) is 3.39. The first-order valence-electron chi connectivity index (χ1n) is 6.63. The SMILES string of the molecule is CC[C@H](NC(=O)C(C)(C)C)c1ccc(C)cc1C. The highest BCUT2D eigenvalue weighted by Crippen LogP contribution is 2.23. The van der Waals surface area contributed by atoms with Gasteiger partial charge >= 0.3 is 0 Å². The van der Waals surface area contributed by atoms with E-state index >= 15 is 0 Å². The molecule has 100 valence electrons. The van der Waals surface area contributed by atoms with Gasteiger partial charge in [-0.3, -0.25) is 4.79 Å². The highest BCUT2D eigenvalue weighted by Gasteiger charge is 2.24. The van der Waals surface area contributed by atoms with E-state index in [2.05, 4.69) is 44.3 Å². The van der Waals surface area contributed by atoms with Gasteiger partial charge in [-0.05, 0) is 31.4 Å². The third-order valence-electron chi connectivity index (χ3n) is 3.20. The molecule has 0 aliphatic carbocycles. The van der Waals surface area contributed by atoms with Crippen molar-refractivity contribution in [3.63, 3.8) is 0 Å². The monoisotopic (exact) mass is 247 g/mol. The van der Waals surface area contributed by atoms with Gasteiger partial charge in [-0.15, -0.1) is 0 Å². The second-order valence-electron chi connectivity index (χ2n) is 6.04. The third kappa shape index (κ3) is 3.59. The molecule has 0 heterocycles. The zero-order valence-corrected chi connectivity index (χ0v) is 12.4. The smallest absolute Gasteiger partial charge is 0.225 e. The first kappa shape index (κ1) is 14.7. The topological polar surface area (TPSA) is 29.1 Å². The number of rotatable bonds is 3. The summed E-state index contributed by atoms with van der Waals surface area (Å²) in [5, 5.41) is 3.14. The Bertz CT molecular complexity index is 429. The van der Waals surface area contributed by atoms with Gasteiger partial charge in [0, 0.05) is 5.41 Å². The van der Waals surface area contributed by atoms with Gasteiger partial charge in [-0.1, -0.05) is 51.5 Å². The van der Waals surface area contributed by atoms with Crippen molar-refractivity contribution in [3.05, 3.63) is 34.9 Å². The Balaban J connectivity index is 2.93. The number of aryl methyl sites for hydroxylation is 2. The fraction of sp³-hybridized carbons (Fsp3) is 0.562. The Morgan fingerprint density at radius 1 is 1.28 bits per heavy atom. The zero-order valence-electron chi connectivity index (χ0n) is 12.4. The molecule has 18 heavy (non-hydrogen) atoms. The summed E-state index contributed by atoms with van der Waals surface area (Å²) >= 11 is 0. The average Bonchev–Trinajstić information content (AvgIpc) is 2.25. The lowest BCUT2D eigenvalue weighted by molar-refractivity contribution is -0.129. The molecule has 0 unspecified atom stereocenters. The maximum Gasteiger partial charge on any atom is 0.225 e. The lowest BCUT2D eigenvalue weighted by atomic mass is 9.92. The Labute approximate surface area is 111 Å². The van der Waals surface area contributed by atoms with E-state index in [0.29, 0.717) is 0 Å². The van der Waals surface area contributed by atoms with E-state index < -0.39 is 0 Å². The van der Waals surface area contributed by atoms with E-state index in [1.54, 1.807) is 0 Å². The molecule has 0 aliphatic heterocycles. The molecule has 0 saturated heterocycles. The van der Waals surface area contributed by atoms with Crippen LogP contribution in [0.4, 0.5) is 0 Å². The van der Waals surface area contributed by atoms with Gasteiger partial charge in [0.25, 0.3) is 0 Å².